The fourth-order valence-electron chi connectivity index (χ4n) is 2.63. The van der Waals surface area contributed by atoms with Crippen LogP contribution < -0.4 is 0 Å². The van der Waals surface area contributed by atoms with E-state index in [4.69, 9.17) is 11.6 Å². The molecule has 1 heterocycles. The van der Waals surface area contributed by atoms with E-state index in [1.807, 2.05) is 24.7 Å². The molecule has 0 radical (unpaired) electrons. The third-order valence-electron chi connectivity index (χ3n) is 4.00. The predicted octanol–water partition coefficient (Wildman–Crippen LogP) is 6.20. The molecule has 2 aromatic rings. The first-order chi connectivity index (χ1) is 11.3. The minimum absolute atomic E-state index is 0.640. The number of unbranched alkanes of at least 4 members (excludes halogenated alkanes) is 4. The van der Waals surface area contributed by atoms with Gasteiger partial charge in [-0.2, -0.15) is 11.8 Å². The number of thioether (sulfide) groups is 1. The van der Waals surface area contributed by atoms with Gasteiger partial charge in [-0.1, -0.05) is 62.8 Å². The Morgan fingerprint density at radius 3 is 2.61 bits per heavy atom. The van der Waals surface area contributed by atoms with Gasteiger partial charge in [-0.3, -0.25) is 0 Å². The summed E-state index contributed by atoms with van der Waals surface area (Å²) < 4.78 is 2.20. The molecular weight excluding hydrogens is 324 g/mol. The van der Waals surface area contributed by atoms with Crippen molar-refractivity contribution in [1.82, 2.24) is 9.55 Å². The summed E-state index contributed by atoms with van der Waals surface area (Å²) in [5.41, 5.74) is 1.35. The molecule has 0 saturated heterocycles. The molecule has 0 fully saturated rings. The van der Waals surface area contributed by atoms with Crippen LogP contribution in [0.3, 0.4) is 0 Å². The third-order valence-corrected chi connectivity index (χ3v) is 5.61. The first-order valence-electron chi connectivity index (χ1n) is 8.59. The molecule has 23 heavy (non-hydrogen) atoms. The quantitative estimate of drug-likeness (QED) is 0.449. The number of hydrogen-bond donors (Lipinski definition) is 0. The highest BCUT2D eigenvalue weighted by Crippen LogP contribution is 2.25. The highest BCUT2D eigenvalue weighted by molar-refractivity contribution is 7.99. The molecular formula is C19H27ClN2S. The van der Waals surface area contributed by atoms with Gasteiger partial charge in [0.2, 0.25) is 0 Å². The zero-order chi connectivity index (χ0) is 16.3. The van der Waals surface area contributed by atoms with Crippen molar-refractivity contribution in [1.29, 1.82) is 0 Å². The van der Waals surface area contributed by atoms with Gasteiger partial charge in [0, 0.05) is 35.0 Å². The molecule has 1 aromatic heterocycles. The minimum Gasteiger partial charge on any atom is -0.336 e. The number of imidazole rings is 1. The number of hydrogen-bond acceptors (Lipinski definition) is 2. The van der Waals surface area contributed by atoms with Crippen molar-refractivity contribution >= 4 is 23.4 Å². The first-order valence-corrected chi connectivity index (χ1v) is 10.0. The number of nitrogens with zero attached hydrogens (tertiary/aromatic N) is 2. The van der Waals surface area contributed by atoms with Crippen molar-refractivity contribution in [2.24, 2.45) is 0 Å². The van der Waals surface area contributed by atoms with E-state index in [0.717, 1.165) is 17.3 Å². The zero-order valence-corrected chi connectivity index (χ0v) is 15.5. The lowest BCUT2D eigenvalue weighted by Gasteiger charge is -2.17. The molecule has 0 aliphatic heterocycles. The van der Waals surface area contributed by atoms with E-state index in [-0.39, 0.29) is 0 Å². The summed E-state index contributed by atoms with van der Waals surface area (Å²) in [6, 6.07) is 8.22. The molecule has 0 aliphatic rings. The fourth-order valence-corrected chi connectivity index (χ4v) is 3.98. The van der Waals surface area contributed by atoms with Gasteiger partial charge in [-0.25, -0.2) is 4.98 Å². The Morgan fingerprint density at radius 2 is 1.91 bits per heavy atom. The lowest BCUT2D eigenvalue weighted by molar-refractivity contribution is 0.560. The molecule has 0 spiro atoms. The van der Waals surface area contributed by atoms with Crippen LogP contribution >= 0.6 is 23.4 Å². The van der Waals surface area contributed by atoms with Crippen molar-refractivity contribution in [3.8, 4) is 0 Å². The highest BCUT2D eigenvalue weighted by atomic mass is 35.5. The molecule has 1 atom stereocenters. The molecule has 0 aliphatic carbocycles. The van der Waals surface area contributed by atoms with E-state index < -0.39 is 0 Å². The zero-order valence-electron chi connectivity index (χ0n) is 14.0. The standard InChI is InChI=1S/C19H27ClN2S/c1-2-3-4-5-6-7-19(14-22-13-12-21-16-22)23-15-17-8-10-18(20)11-9-17/h8-13,16,19H,2-7,14-15H2,1H3. The van der Waals surface area contributed by atoms with E-state index in [9.17, 15) is 0 Å². The minimum atomic E-state index is 0.640. The van der Waals surface area contributed by atoms with Gasteiger partial charge in [0.25, 0.3) is 0 Å². The summed E-state index contributed by atoms with van der Waals surface area (Å²) in [6.45, 7) is 3.32. The SMILES string of the molecule is CCCCCCCC(Cn1ccnc1)SCc1ccc(Cl)cc1. The molecule has 0 amide bonds. The molecule has 1 unspecified atom stereocenters. The van der Waals surface area contributed by atoms with Crippen LogP contribution in [-0.4, -0.2) is 14.8 Å². The molecule has 2 nitrogen and oxygen atoms in total. The van der Waals surface area contributed by atoms with E-state index in [1.54, 1.807) is 0 Å². The maximum atomic E-state index is 5.96. The smallest absolute Gasteiger partial charge is 0.0946 e. The lowest BCUT2D eigenvalue weighted by Crippen LogP contribution is -2.12. The number of aromatic nitrogens is 2. The Bertz CT molecular complexity index is 525. The number of benzene rings is 1. The molecule has 126 valence electrons. The predicted molar refractivity (Wildman–Crippen MR) is 102 cm³/mol. The van der Waals surface area contributed by atoms with Crippen LogP contribution in [0.4, 0.5) is 0 Å². The molecule has 4 heteroatoms. The van der Waals surface area contributed by atoms with Crippen LogP contribution in [0, 0.1) is 0 Å². The second kappa shape index (κ2) is 10.8. The second-order valence-electron chi connectivity index (χ2n) is 6.02. The van der Waals surface area contributed by atoms with Gasteiger partial charge in [-0.15, -0.1) is 0 Å². The molecule has 0 N–H and O–H groups in total. The van der Waals surface area contributed by atoms with Crippen LogP contribution in [0.15, 0.2) is 43.0 Å². The Balaban J connectivity index is 1.80. The average Bonchev–Trinajstić information content (AvgIpc) is 3.06. The molecule has 0 saturated carbocycles. The lowest BCUT2D eigenvalue weighted by atomic mass is 10.1. The van der Waals surface area contributed by atoms with E-state index in [1.165, 1.54) is 44.1 Å². The van der Waals surface area contributed by atoms with Crippen molar-refractivity contribution < 1.29 is 0 Å². The molecule has 0 bridgehead atoms. The van der Waals surface area contributed by atoms with E-state index in [0.29, 0.717) is 5.25 Å². The van der Waals surface area contributed by atoms with Crippen LogP contribution in [0.5, 0.6) is 0 Å². The summed E-state index contributed by atoms with van der Waals surface area (Å²) in [6.07, 6.45) is 13.9. The maximum absolute atomic E-state index is 5.96. The molecule has 2 rings (SSSR count). The second-order valence-corrected chi connectivity index (χ2v) is 7.75. The van der Waals surface area contributed by atoms with Crippen molar-refractivity contribution in [2.45, 2.75) is 63.0 Å². The Hall–Kier alpha value is -0.930. The average molecular weight is 351 g/mol. The first kappa shape index (κ1) is 18.4. The third kappa shape index (κ3) is 7.45. The maximum Gasteiger partial charge on any atom is 0.0946 e. The largest absolute Gasteiger partial charge is 0.336 e. The van der Waals surface area contributed by atoms with E-state index >= 15 is 0 Å². The van der Waals surface area contributed by atoms with Gasteiger partial charge in [-0.05, 0) is 24.1 Å². The summed E-state index contributed by atoms with van der Waals surface area (Å²) >= 11 is 8.01. The summed E-state index contributed by atoms with van der Waals surface area (Å²) in [4.78, 5) is 4.16. The van der Waals surface area contributed by atoms with Crippen molar-refractivity contribution in [2.75, 3.05) is 0 Å². The van der Waals surface area contributed by atoms with Gasteiger partial charge < -0.3 is 4.57 Å². The van der Waals surface area contributed by atoms with Gasteiger partial charge in [0.05, 0.1) is 6.33 Å². The fraction of sp³-hybridized carbons (Fsp3) is 0.526. The normalized spacial score (nSPS) is 12.4. The monoisotopic (exact) mass is 350 g/mol. The summed E-state index contributed by atoms with van der Waals surface area (Å²) in [5.74, 6) is 1.05. The topological polar surface area (TPSA) is 17.8 Å². The van der Waals surface area contributed by atoms with Gasteiger partial charge in [0.15, 0.2) is 0 Å². The molecule has 1 aromatic carbocycles. The van der Waals surface area contributed by atoms with Crippen molar-refractivity contribution in [3.63, 3.8) is 0 Å². The summed E-state index contributed by atoms with van der Waals surface area (Å²) in [7, 11) is 0. The van der Waals surface area contributed by atoms with Crippen LogP contribution in [0.25, 0.3) is 0 Å². The number of rotatable bonds is 11. The van der Waals surface area contributed by atoms with Gasteiger partial charge >= 0.3 is 0 Å². The summed E-state index contributed by atoms with van der Waals surface area (Å²) in [5, 5.41) is 1.45. The van der Waals surface area contributed by atoms with Crippen LogP contribution in [0.2, 0.25) is 5.02 Å². The Labute approximate surface area is 149 Å². The Kier molecular flexibility index (Phi) is 8.62. The van der Waals surface area contributed by atoms with Crippen LogP contribution in [-0.2, 0) is 12.3 Å². The number of halogens is 1. The van der Waals surface area contributed by atoms with Crippen LogP contribution in [0.1, 0.15) is 51.0 Å². The van der Waals surface area contributed by atoms with E-state index in [2.05, 4.69) is 46.6 Å². The highest BCUT2D eigenvalue weighted by Gasteiger charge is 2.10. The Morgan fingerprint density at radius 1 is 1.13 bits per heavy atom. The van der Waals surface area contributed by atoms with Crippen molar-refractivity contribution in [3.05, 3.63) is 53.6 Å². The van der Waals surface area contributed by atoms with Gasteiger partial charge in [0.1, 0.15) is 0 Å².